The third-order valence-electron chi connectivity index (χ3n) is 3.41. The van der Waals surface area contributed by atoms with E-state index in [-0.39, 0.29) is 0 Å². The van der Waals surface area contributed by atoms with E-state index >= 15 is 0 Å². The van der Waals surface area contributed by atoms with Crippen molar-refractivity contribution in [2.24, 2.45) is 11.8 Å². The largest absolute Gasteiger partial charge is 0.396 e. The summed E-state index contributed by atoms with van der Waals surface area (Å²) in [5.41, 5.74) is 1.59. The van der Waals surface area contributed by atoms with Crippen molar-refractivity contribution in [2.75, 3.05) is 6.61 Å². The number of aliphatic hydroxyl groups is 1. The monoisotopic (exact) mass is 166 g/mol. The van der Waals surface area contributed by atoms with E-state index < -0.39 is 0 Å². The molecular formula is C11H18O. The standard InChI is InChI=1S/C11H18O/c12-8-10-6-3-5-9-4-1-2-7-11(9)10/h7,9-10,12H,1-6,8H2. The zero-order chi connectivity index (χ0) is 8.39. The number of allylic oxidation sites excluding steroid dienone is 1. The molecule has 1 saturated carbocycles. The van der Waals surface area contributed by atoms with Crippen LogP contribution in [0.2, 0.25) is 0 Å². The average molecular weight is 166 g/mol. The van der Waals surface area contributed by atoms with Gasteiger partial charge in [-0.2, -0.15) is 0 Å². The van der Waals surface area contributed by atoms with Crippen LogP contribution in [0, 0.1) is 11.8 Å². The lowest BCUT2D eigenvalue weighted by Gasteiger charge is -2.34. The first-order valence-electron chi connectivity index (χ1n) is 5.22. The minimum absolute atomic E-state index is 0.377. The zero-order valence-electron chi connectivity index (χ0n) is 7.63. The van der Waals surface area contributed by atoms with Crippen molar-refractivity contribution in [1.82, 2.24) is 0 Å². The van der Waals surface area contributed by atoms with Crippen molar-refractivity contribution in [1.29, 1.82) is 0 Å². The van der Waals surface area contributed by atoms with Gasteiger partial charge in [0.05, 0.1) is 0 Å². The van der Waals surface area contributed by atoms with E-state index in [2.05, 4.69) is 6.08 Å². The molecular weight excluding hydrogens is 148 g/mol. The summed E-state index contributed by atoms with van der Waals surface area (Å²) >= 11 is 0. The second-order valence-electron chi connectivity index (χ2n) is 4.14. The minimum Gasteiger partial charge on any atom is -0.396 e. The lowest BCUT2D eigenvalue weighted by molar-refractivity contribution is 0.203. The van der Waals surface area contributed by atoms with Crippen molar-refractivity contribution in [3.8, 4) is 0 Å². The molecule has 0 saturated heterocycles. The summed E-state index contributed by atoms with van der Waals surface area (Å²) in [5.74, 6) is 1.36. The van der Waals surface area contributed by atoms with Crippen LogP contribution in [0.1, 0.15) is 38.5 Å². The van der Waals surface area contributed by atoms with Crippen molar-refractivity contribution in [2.45, 2.75) is 38.5 Å². The topological polar surface area (TPSA) is 20.2 Å². The highest BCUT2D eigenvalue weighted by atomic mass is 16.3. The fraction of sp³-hybridized carbons (Fsp3) is 0.818. The SMILES string of the molecule is OCC1CCCC2CCCC=C12. The molecule has 0 aromatic rings. The molecule has 12 heavy (non-hydrogen) atoms. The Morgan fingerprint density at radius 2 is 2.08 bits per heavy atom. The van der Waals surface area contributed by atoms with Crippen molar-refractivity contribution >= 4 is 0 Å². The molecule has 1 N–H and O–H groups in total. The van der Waals surface area contributed by atoms with Crippen LogP contribution in [0.3, 0.4) is 0 Å². The van der Waals surface area contributed by atoms with Gasteiger partial charge in [0.15, 0.2) is 0 Å². The summed E-state index contributed by atoms with van der Waals surface area (Å²) in [6.45, 7) is 0.377. The molecule has 0 heterocycles. The predicted octanol–water partition coefficient (Wildman–Crippen LogP) is 2.51. The number of fused-ring (bicyclic) bond motifs is 1. The Labute approximate surface area is 74.5 Å². The molecule has 2 unspecified atom stereocenters. The highest BCUT2D eigenvalue weighted by Crippen LogP contribution is 2.39. The van der Waals surface area contributed by atoms with Gasteiger partial charge >= 0.3 is 0 Å². The Bertz CT molecular complexity index is 183. The maximum absolute atomic E-state index is 9.19. The second kappa shape index (κ2) is 3.61. The molecule has 0 amide bonds. The molecule has 0 radical (unpaired) electrons. The highest BCUT2D eigenvalue weighted by Gasteiger charge is 2.27. The normalized spacial score (nSPS) is 35.6. The lowest BCUT2D eigenvalue weighted by Crippen LogP contribution is -2.23. The number of hydrogen-bond donors (Lipinski definition) is 1. The fourth-order valence-electron chi connectivity index (χ4n) is 2.75. The summed E-state index contributed by atoms with van der Waals surface area (Å²) in [4.78, 5) is 0. The lowest BCUT2D eigenvalue weighted by atomic mass is 9.72. The van der Waals surface area contributed by atoms with Crippen LogP contribution in [0.25, 0.3) is 0 Å². The van der Waals surface area contributed by atoms with Gasteiger partial charge in [-0.1, -0.05) is 18.1 Å². The van der Waals surface area contributed by atoms with E-state index in [0.717, 1.165) is 5.92 Å². The van der Waals surface area contributed by atoms with Gasteiger partial charge in [0.25, 0.3) is 0 Å². The van der Waals surface area contributed by atoms with Crippen molar-refractivity contribution in [3.63, 3.8) is 0 Å². The first-order valence-corrected chi connectivity index (χ1v) is 5.22. The highest BCUT2D eigenvalue weighted by molar-refractivity contribution is 5.15. The van der Waals surface area contributed by atoms with E-state index in [9.17, 15) is 5.11 Å². The maximum atomic E-state index is 9.19. The van der Waals surface area contributed by atoms with Crippen LogP contribution in [-0.4, -0.2) is 11.7 Å². The van der Waals surface area contributed by atoms with Gasteiger partial charge < -0.3 is 5.11 Å². The van der Waals surface area contributed by atoms with Crippen LogP contribution < -0.4 is 0 Å². The molecule has 0 spiro atoms. The van der Waals surface area contributed by atoms with Crippen LogP contribution in [0.4, 0.5) is 0 Å². The first-order chi connectivity index (χ1) is 5.92. The molecule has 2 aliphatic carbocycles. The summed E-state index contributed by atoms with van der Waals surface area (Å²) < 4.78 is 0. The number of aliphatic hydroxyl groups excluding tert-OH is 1. The molecule has 0 aliphatic heterocycles. The third-order valence-corrected chi connectivity index (χ3v) is 3.41. The van der Waals surface area contributed by atoms with Gasteiger partial charge in [0.1, 0.15) is 0 Å². The van der Waals surface area contributed by atoms with Crippen molar-refractivity contribution < 1.29 is 5.11 Å². The maximum Gasteiger partial charge on any atom is 0.0496 e. The Morgan fingerprint density at radius 1 is 1.25 bits per heavy atom. The smallest absolute Gasteiger partial charge is 0.0496 e. The molecule has 1 heteroatoms. The van der Waals surface area contributed by atoms with Gasteiger partial charge in [-0.25, -0.2) is 0 Å². The predicted molar refractivity (Wildman–Crippen MR) is 49.9 cm³/mol. The Kier molecular flexibility index (Phi) is 2.50. The number of hydrogen-bond acceptors (Lipinski definition) is 1. The van der Waals surface area contributed by atoms with E-state index in [1.165, 1.54) is 38.5 Å². The molecule has 2 atom stereocenters. The third kappa shape index (κ3) is 1.42. The van der Waals surface area contributed by atoms with Gasteiger partial charge in [-0.15, -0.1) is 0 Å². The van der Waals surface area contributed by atoms with Crippen LogP contribution in [0.15, 0.2) is 11.6 Å². The molecule has 2 rings (SSSR count). The summed E-state index contributed by atoms with van der Waals surface area (Å²) in [6, 6.07) is 0. The van der Waals surface area contributed by atoms with E-state index in [0.29, 0.717) is 12.5 Å². The molecule has 0 aromatic heterocycles. The van der Waals surface area contributed by atoms with Gasteiger partial charge in [-0.3, -0.25) is 0 Å². The van der Waals surface area contributed by atoms with E-state index in [1.54, 1.807) is 5.57 Å². The van der Waals surface area contributed by atoms with Gasteiger partial charge in [0, 0.05) is 12.5 Å². The second-order valence-corrected chi connectivity index (χ2v) is 4.14. The molecule has 1 nitrogen and oxygen atoms in total. The Morgan fingerprint density at radius 3 is 2.92 bits per heavy atom. The molecule has 0 bridgehead atoms. The fourth-order valence-corrected chi connectivity index (χ4v) is 2.75. The average Bonchev–Trinajstić information content (AvgIpc) is 2.17. The zero-order valence-corrected chi connectivity index (χ0v) is 7.63. The molecule has 2 aliphatic rings. The Balaban J connectivity index is 2.12. The van der Waals surface area contributed by atoms with E-state index in [4.69, 9.17) is 0 Å². The summed E-state index contributed by atoms with van der Waals surface area (Å²) in [6.07, 6.45) is 10.3. The first kappa shape index (κ1) is 8.31. The molecule has 68 valence electrons. The van der Waals surface area contributed by atoms with Crippen LogP contribution in [-0.2, 0) is 0 Å². The van der Waals surface area contributed by atoms with Crippen LogP contribution in [0.5, 0.6) is 0 Å². The van der Waals surface area contributed by atoms with Crippen molar-refractivity contribution in [3.05, 3.63) is 11.6 Å². The van der Waals surface area contributed by atoms with Gasteiger partial charge in [-0.05, 0) is 38.0 Å². The van der Waals surface area contributed by atoms with Gasteiger partial charge in [0.2, 0.25) is 0 Å². The molecule has 1 fully saturated rings. The molecule has 0 aromatic carbocycles. The summed E-state index contributed by atoms with van der Waals surface area (Å²) in [5, 5.41) is 9.19. The van der Waals surface area contributed by atoms with Crippen LogP contribution >= 0.6 is 0 Å². The minimum atomic E-state index is 0.377. The van der Waals surface area contributed by atoms with E-state index in [1.807, 2.05) is 0 Å². The quantitative estimate of drug-likeness (QED) is 0.593. The summed E-state index contributed by atoms with van der Waals surface area (Å²) in [7, 11) is 0. The Hall–Kier alpha value is -0.300. The number of rotatable bonds is 1.